The van der Waals surface area contributed by atoms with Gasteiger partial charge in [-0.2, -0.15) is 0 Å². The van der Waals surface area contributed by atoms with Crippen LogP contribution in [0.1, 0.15) is 77.1 Å². The van der Waals surface area contributed by atoms with Crippen LogP contribution in [-0.4, -0.2) is 12.6 Å². The molecule has 4 aromatic carbocycles. The van der Waals surface area contributed by atoms with Gasteiger partial charge < -0.3 is 10.2 Å². The minimum absolute atomic E-state index is 0.0749. The number of rotatable bonds is 5. The highest BCUT2D eigenvalue weighted by atomic mass is 15.2. The van der Waals surface area contributed by atoms with Crippen LogP contribution in [0, 0.1) is 5.41 Å². The smallest absolute Gasteiger partial charge is 0.0559 e. The third-order valence-electron chi connectivity index (χ3n) is 11.7. The minimum atomic E-state index is -0.133. The molecule has 8 rings (SSSR count). The topological polar surface area (TPSA) is 15.3 Å². The first-order valence-electron chi connectivity index (χ1n) is 18.5. The van der Waals surface area contributed by atoms with E-state index in [9.17, 15) is 0 Å². The van der Waals surface area contributed by atoms with Gasteiger partial charge in [-0.05, 0) is 122 Å². The molecule has 0 saturated carbocycles. The van der Waals surface area contributed by atoms with Crippen molar-refractivity contribution < 1.29 is 0 Å². The van der Waals surface area contributed by atoms with Crippen molar-refractivity contribution in [2.24, 2.45) is 5.41 Å². The zero-order valence-electron chi connectivity index (χ0n) is 31.3. The summed E-state index contributed by atoms with van der Waals surface area (Å²) in [4.78, 5) is 2.53. The lowest BCUT2D eigenvalue weighted by molar-refractivity contribution is 0.517. The van der Waals surface area contributed by atoms with Gasteiger partial charge in [0.2, 0.25) is 0 Å². The van der Waals surface area contributed by atoms with E-state index in [0.717, 1.165) is 18.7 Å². The van der Waals surface area contributed by atoms with E-state index >= 15 is 0 Å². The Hall–Kier alpha value is -5.08. The third kappa shape index (κ3) is 5.48. The molecule has 2 aliphatic heterocycles. The largest absolute Gasteiger partial charge is 0.382 e. The van der Waals surface area contributed by atoms with Gasteiger partial charge in [0, 0.05) is 34.4 Å². The SMILES string of the molecule is C=CCNc1ccc2c(c1)C(C)(C)c1cc(-c3ccc4c(c3)C(C)(C)c3cc(N5C6=CC=CC5C/C=C/C=C(C(C)(C)C)\C=C/6)ccc3-4)ccc1-2. The van der Waals surface area contributed by atoms with Crippen molar-refractivity contribution in [2.75, 3.05) is 16.8 Å². The summed E-state index contributed by atoms with van der Waals surface area (Å²) in [6, 6.07) is 28.5. The number of hydrogen-bond acceptors (Lipinski definition) is 2. The van der Waals surface area contributed by atoms with Crippen LogP contribution in [0.3, 0.4) is 0 Å². The lowest BCUT2D eigenvalue weighted by Crippen LogP contribution is -2.34. The summed E-state index contributed by atoms with van der Waals surface area (Å²) in [5.41, 5.74) is 18.3. The number of allylic oxidation sites excluding steroid dienone is 7. The van der Waals surface area contributed by atoms with E-state index in [0.29, 0.717) is 0 Å². The first-order valence-corrected chi connectivity index (χ1v) is 18.5. The van der Waals surface area contributed by atoms with E-state index in [-0.39, 0.29) is 22.3 Å². The van der Waals surface area contributed by atoms with Crippen molar-refractivity contribution in [1.82, 2.24) is 0 Å². The molecular weight excluding hydrogens is 617 g/mol. The fourth-order valence-corrected chi connectivity index (χ4v) is 8.69. The number of nitrogens with one attached hydrogen (secondary N) is 1. The fourth-order valence-electron chi connectivity index (χ4n) is 8.69. The predicted molar refractivity (Wildman–Crippen MR) is 220 cm³/mol. The number of anilines is 2. The van der Waals surface area contributed by atoms with E-state index in [1.807, 2.05) is 6.08 Å². The predicted octanol–water partition coefficient (Wildman–Crippen LogP) is 12.7. The standard InChI is InChI=1S/C49H50N2/c1-9-27-50-35-20-25-41-39-23-17-32(28-43(39)48(5,6)45(41)30-35)33-18-24-40-42-26-22-38(31-46(42)49(7,8)44(40)29-33)51-36-14-11-10-13-34(47(2,3)4)19-21-37(51)16-12-15-36/h9-13,15-26,28-31,36,50H,1,14,27H2,2-8H3/b11-10+,21-19-,34-13+. The van der Waals surface area contributed by atoms with Crippen LogP contribution in [0.15, 0.2) is 145 Å². The molecule has 2 heteroatoms. The van der Waals surface area contributed by atoms with Gasteiger partial charge >= 0.3 is 0 Å². The van der Waals surface area contributed by atoms with Crippen LogP contribution in [-0.2, 0) is 10.8 Å². The Morgan fingerprint density at radius 2 is 1.31 bits per heavy atom. The molecule has 0 saturated heterocycles. The Morgan fingerprint density at radius 1 is 0.725 bits per heavy atom. The summed E-state index contributed by atoms with van der Waals surface area (Å²) < 4.78 is 0. The Bertz CT molecular complexity index is 2240. The number of benzene rings is 4. The second-order valence-corrected chi connectivity index (χ2v) is 16.7. The van der Waals surface area contributed by atoms with E-state index in [1.165, 1.54) is 72.6 Å². The van der Waals surface area contributed by atoms with Crippen LogP contribution in [0.2, 0.25) is 0 Å². The molecule has 51 heavy (non-hydrogen) atoms. The molecule has 0 aromatic heterocycles. The van der Waals surface area contributed by atoms with Gasteiger partial charge in [-0.3, -0.25) is 0 Å². The molecule has 2 bridgehead atoms. The summed E-state index contributed by atoms with van der Waals surface area (Å²) in [6.07, 6.45) is 21.1. The zero-order chi connectivity index (χ0) is 35.7. The molecule has 1 atom stereocenters. The van der Waals surface area contributed by atoms with Gasteiger partial charge in [0.15, 0.2) is 0 Å². The highest BCUT2D eigenvalue weighted by Crippen LogP contribution is 2.53. The third-order valence-corrected chi connectivity index (χ3v) is 11.7. The molecule has 1 N–H and O–H groups in total. The first kappa shape index (κ1) is 33.1. The molecule has 1 unspecified atom stereocenters. The molecule has 0 radical (unpaired) electrons. The second kappa shape index (κ2) is 12.0. The molecule has 256 valence electrons. The van der Waals surface area contributed by atoms with Crippen molar-refractivity contribution in [3.8, 4) is 33.4 Å². The van der Waals surface area contributed by atoms with E-state index in [2.05, 4.69) is 187 Å². The maximum atomic E-state index is 3.87. The van der Waals surface area contributed by atoms with E-state index < -0.39 is 0 Å². The van der Waals surface area contributed by atoms with Crippen molar-refractivity contribution in [3.63, 3.8) is 0 Å². The lowest BCUT2D eigenvalue weighted by Gasteiger charge is -2.36. The van der Waals surface area contributed by atoms with Crippen LogP contribution in [0.5, 0.6) is 0 Å². The van der Waals surface area contributed by atoms with Gasteiger partial charge in [0.1, 0.15) is 0 Å². The molecule has 2 heterocycles. The number of fused-ring (bicyclic) bond motifs is 8. The summed E-state index contributed by atoms with van der Waals surface area (Å²) in [5.74, 6) is 0. The molecule has 4 aliphatic rings. The van der Waals surface area contributed by atoms with Gasteiger partial charge in [0.25, 0.3) is 0 Å². The molecule has 4 aromatic rings. The van der Waals surface area contributed by atoms with Gasteiger partial charge in [-0.15, -0.1) is 6.58 Å². The Morgan fingerprint density at radius 3 is 1.94 bits per heavy atom. The second-order valence-electron chi connectivity index (χ2n) is 16.7. The zero-order valence-corrected chi connectivity index (χ0v) is 31.3. The van der Waals surface area contributed by atoms with Crippen LogP contribution in [0.4, 0.5) is 11.4 Å². The van der Waals surface area contributed by atoms with Gasteiger partial charge in [-0.1, -0.05) is 127 Å². The van der Waals surface area contributed by atoms with Crippen LogP contribution >= 0.6 is 0 Å². The molecule has 0 fully saturated rings. The first-order chi connectivity index (χ1) is 24.4. The van der Waals surface area contributed by atoms with Crippen molar-refractivity contribution in [1.29, 1.82) is 0 Å². The van der Waals surface area contributed by atoms with Gasteiger partial charge in [-0.25, -0.2) is 0 Å². The average Bonchev–Trinajstić information content (AvgIpc) is 3.47. The number of hydrogen-bond donors (Lipinski definition) is 1. The van der Waals surface area contributed by atoms with Crippen molar-refractivity contribution in [3.05, 3.63) is 168 Å². The van der Waals surface area contributed by atoms with E-state index in [1.54, 1.807) is 0 Å². The highest BCUT2D eigenvalue weighted by Gasteiger charge is 2.38. The quantitative estimate of drug-likeness (QED) is 0.213. The summed E-state index contributed by atoms with van der Waals surface area (Å²) in [6.45, 7) is 21.0. The normalized spacial score (nSPS) is 21.3. The van der Waals surface area contributed by atoms with Crippen molar-refractivity contribution in [2.45, 2.75) is 71.8 Å². The Balaban J connectivity index is 1.13. The monoisotopic (exact) mass is 666 g/mol. The molecular formula is C49H50N2. The minimum Gasteiger partial charge on any atom is -0.382 e. The maximum Gasteiger partial charge on any atom is 0.0559 e. The summed E-state index contributed by atoms with van der Waals surface area (Å²) in [7, 11) is 0. The highest BCUT2D eigenvalue weighted by molar-refractivity contribution is 5.88. The van der Waals surface area contributed by atoms with Crippen molar-refractivity contribution >= 4 is 11.4 Å². The Labute approximate surface area is 305 Å². The van der Waals surface area contributed by atoms with Crippen LogP contribution in [0.25, 0.3) is 33.4 Å². The fraction of sp³-hybridized carbons (Fsp3) is 0.265. The summed E-state index contributed by atoms with van der Waals surface area (Å²) in [5, 5.41) is 3.48. The number of nitrogens with zero attached hydrogens (tertiary/aromatic N) is 1. The maximum absolute atomic E-state index is 3.87. The van der Waals surface area contributed by atoms with E-state index in [4.69, 9.17) is 0 Å². The van der Waals surface area contributed by atoms with Crippen LogP contribution < -0.4 is 10.2 Å². The average molecular weight is 667 g/mol. The molecule has 2 nitrogen and oxygen atoms in total. The molecule has 0 spiro atoms. The molecule has 2 aliphatic carbocycles. The van der Waals surface area contributed by atoms with Gasteiger partial charge in [0.05, 0.1) is 6.04 Å². The Kier molecular flexibility index (Phi) is 7.79. The lowest BCUT2D eigenvalue weighted by atomic mass is 9.80. The molecule has 0 amide bonds. The summed E-state index contributed by atoms with van der Waals surface area (Å²) >= 11 is 0.